The van der Waals surface area contributed by atoms with Gasteiger partial charge in [0, 0.05) is 50.3 Å². The lowest BCUT2D eigenvalue weighted by Crippen LogP contribution is -2.46. The Morgan fingerprint density at radius 3 is 2.20 bits per heavy atom. The van der Waals surface area contributed by atoms with Crippen LogP contribution in [0.4, 0.5) is 5.69 Å². The molecule has 0 radical (unpaired) electrons. The van der Waals surface area contributed by atoms with Crippen LogP contribution >= 0.6 is 0 Å². The molecule has 0 unspecified atom stereocenters. The smallest absolute Gasteiger partial charge is 0.267 e. The molecular weight excluding hydrogens is 398 g/mol. The van der Waals surface area contributed by atoms with Gasteiger partial charge in [0.1, 0.15) is 5.75 Å². The second kappa shape index (κ2) is 8.53. The van der Waals surface area contributed by atoms with E-state index in [-0.39, 0.29) is 0 Å². The van der Waals surface area contributed by atoms with Crippen molar-refractivity contribution >= 4 is 15.7 Å². The molecule has 2 heterocycles. The average Bonchev–Trinajstić information content (AvgIpc) is 3.24. The number of piperazine rings is 1. The number of hydrogen-bond acceptors (Lipinski definition) is 5. The Kier molecular flexibility index (Phi) is 5.83. The molecule has 0 amide bonds. The Labute approximate surface area is 178 Å². The molecule has 7 heteroatoms. The second-order valence-electron chi connectivity index (χ2n) is 7.57. The quantitative estimate of drug-likeness (QED) is 0.606. The lowest BCUT2D eigenvalue weighted by atomic mass is 10.2. The van der Waals surface area contributed by atoms with Crippen molar-refractivity contribution < 1.29 is 13.2 Å². The maximum Gasteiger partial charge on any atom is 0.267 e. The first kappa shape index (κ1) is 20.5. The molecule has 158 valence electrons. The number of aryl methyl sites for hydroxylation is 1. The van der Waals surface area contributed by atoms with Gasteiger partial charge in [-0.25, -0.2) is 12.4 Å². The third-order valence-corrected chi connectivity index (χ3v) is 7.31. The van der Waals surface area contributed by atoms with Crippen molar-refractivity contribution in [1.29, 1.82) is 0 Å². The summed E-state index contributed by atoms with van der Waals surface area (Å²) in [6.45, 7) is 6.11. The van der Waals surface area contributed by atoms with Crippen molar-refractivity contribution in [2.45, 2.75) is 18.4 Å². The van der Waals surface area contributed by atoms with Gasteiger partial charge in [-0.1, -0.05) is 17.7 Å². The van der Waals surface area contributed by atoms with E-state index in [0.29, 0.717) is 11.4 Å². The minimum Gasteiger partial charge on any atom is -0.497 e. The van der Waals surface area contributed by atoms with Gasteiger partial charge in [-0.15, -0.1) is 0 Å². The second-order valence-corrected chi connectivity index (χ2v) is 9.39. The van der Waals surface area contributed by atoms with Crippen LogP contribution in [0.25, 0.3) is 0 Å². The van der Waals surface area contributed by atoms with Gasteiger partial charge in [-0.2, -0.15) is 0 Å². The fourth-order valence-electron chi connectivity index (χ4n) is 3.77. The number of methoxy groups -OCH3 is 1. The highest BCUT2D eigenvalue weighted by atomic mass is 32.2. The monoisotopic (exact) mass is 425 g/mol. The summed E-state index contributed by atoms with van der Waals surface area (Å²) in [4.78, 5) is 4.96. The number of nitrogens with zero attached hydrogens (tertiary/aromatic N) is 3. The van der Waals surface area contributed by atoms with Crippen molar-refractivity contribution in [2.24, 2.45) is 0 Å². The summed E-state index contributed by atoms with van der Waals surface area (Å²) >= 11 is 0. The summed E-state index contributed by atoms with van der Waals surface area (Å²) < 4.78 is 32.8. The van der Waals surface area contributed by atoms with Crippen LogP contribution in [0.15, 0.2) is 71.8 Å². The maximum atomic E-state index is 13.1. The van der Waals surface area contributed by atoms with Crippen LogP contribution < -0.4 is 9.64 Å². The van der Waals surface area contributed by atoms with Gasteiger partial charge in [0.25, 0.3) is 10.0 Å². The van der Waals surface area contributed by atoms with Gasteiger partial charge in [-0.05, 0) is 55.5 Å². The average molecular weight is 426 g/mol. The molecule has 0 bridgehead atoms. The molecule has 6 nitrogen and oxygen atoms in total. The molecule has 1 aliphatic rings. The molecule has 1 saturated heterocycles. The molecule has 2 aromatic carbocycles. The van der Waals surface area contributed by atoms with Crippen molar-refractivity contribution in [2.75, 3.05) is 38.2 Å². The zero-order chi connectivity index (χ0) is 21.1. The highest BCUT2D eigenvalue weighted by molar-refractivity contribution is 7.90. The third-order valence-electron chi connectivity index (χ3n) is 5.57. The largest absolute Gasteiger partial charge is 0.497 e. The van der Waals surface area contributed by atoms with E-state index in [0.717, 1.165) is 43.2 Å². The van der Waals surface area contributed by atoms with Crippen LogP contribution in [0, 0.1) is 6.92 Å². The Morgan fingerprint density at radius 1 is 0.900 bits per heavy atom. The Hall–Kier alpha value is -2.77. The van der Waals surface area contributed by atoms with Gasteiger partial charge in [0.2, 0.25) is 0 Å². The fourth-order valence-corrected chi connectivity index (χ4v) is 5.13. The van der Waals surface area contributed by atoms with Crippen LogP contribution in [-0.4, -0.2) is 50.6 Å². The zero-order valence-electron chi connectivity index (χ0n) is 17.4. The number of rotatable bonds is 6. The minimum atomic E-state index is -3.59. The number of benzene rings is 2. The molecule has 1 aromatic heterocycles. The summed E-state index contributed by atoms with van der Waals surface area (Å²) in [5, 5.41) is 0. The summed E-state index contributed by atoms with van der Waals surface area (Å²) in [7, 11) is -1.92. The molecule has 0 saturated carbocycles. The van der Waals surface area contributed by atoms with Gasteiger partial charge >= 0.3 is 0 Å². The molecule has 4 rings (SSSR count). The molecule has 3 aromatic rings. The normalized spacial score (nSPS) is 15.3. The van der Waals surface area contributed by atoms with E-state index in [1.165, 1.54) is 9.66 Å². The summed E-state index contributed by atoms with van der Waals surface area (Å²) in [5.41, 5.74) is 3.01. The van der Waals surface area contributed by atoms with E-state index >= 15 is 0 Å². The molecule has 0 atom stereocenters. The van der Waals surface area contributed by atoms with Crippen LogP contribution in [0.3, 0.4) is 0 Å². The SMILES string of the molecule is COc1ccc(N2CCN(Cc3cccn3S(=O)(=O)c3ccc(C)cc3)CC2)cc1. The van der Waals surface area contributed by atoms with Crippen molar-refractivity contribution in [3.8, 4) is 5.75 Å². The third kappa shape index (κ3) is 4.22. The van der Waals surface area contributed by atoms with Gasteiger partial charge in [0.05, 0.1) is 12.0 Å². The van der Waals surface area contributed by atoms with E-state index < -0.39 is 10.0 Å². The number of hydrogen-bond donors (Lipinski definition) is 0. The van der Waals surface area contributed by atoms with Crippen LogP contribution in [0.5, 0.6) is 5.75 Å². The summed E-state index contributed by atoms with van der Waals surface area (Å²) in [5.74, 6) is 0.855. The molecule has 0 N–H and O–H groups in total. The Balaban J connectivity index is 1.43. The maximum absolute atomic E-state index is 13.1. The molecule has 1 aliphatic heterocycles. The number of ether oxygens (including phenoxy) is 1. The molecule has 0 spiro atoms. The van der Waals surface area contributed by atoms with E-state index in [1.807, 2.05) is 37.3 Å². The van der Waals surface area contributed by atoms with E-state index in [4.69, 9.17) is 4.74 Å². The topological polar surface area (TPSA) is 54.8 Å². The van der Waals surface area contributed by atoms with Crippen LogP contribution in [0.2, 0.25) is 0 Å². The summed E-state index contributed by atoms with van der Waals surface area (Å²) in [6.07, 6.45) is 1.64. The van der Waals surface area contributed by atoms with Gasteiger partial charge < -0.3 is 9.64 Å². The van der Waals surface area contributed by atoms with Crippen LogP contribution in [0.1, 0.15) is 11.3 Å². The van der Waals surface area contributed by atoms with Crippen LogP contribution in [-0.2, 0) is 16.6 Å². The molecule has 1 fully saturated rings. The number of anilines is 1. The first-order valence-corrected chi connectivity index (χ1v) is 11.5. The number of aromatic nitrogens is 1. The first-order chi connectivity index (χ1) is 14.5. The Morgan fingerprint density at radius 2 is 1.57 bits per heavy atom. The first-order valence-electron chi connectivity index (χ1n) is 10.1. The van der Waals surface area contributed by atoms with Crippen molar-refractivity contribution in [3.63, 3.8) is 0 Å². The fraction of sp³-hybridized carbons (Fsp3) is 0.304. The molecule has 0 aliphatic carbocycles. The molecule has 30 heavy (non-hydrogen) atoms. The van der Waals surface area contributed by atoms with Gasteiger partial charge in [-0.3, -0.25) is 4.90 Å². The molecular formula is C23H27N3O3S. The minimum absolute atomic E-state index is 0.315. The predicted molar refractivity (Wildman–Crippen MR) is 119 cm³/mol. The van der Waals surface area contributed by atoms with E-state index in [1.54, 1.807) is 31.5 Å². The summed E-state index contributed by atoms with van der Waals surface area (Å²) in [6, 6.07) is 18.8. The lowest BCUT2D eigenvalue weighted by Gasteiger charge is -2.36. The predicted octanol–water partition coefficient (Wildman–Crippen LogP) is 3.36. The zero-order valence-corrected chi connectivity index (χ0v) is 18.2. The highest BCUT2D eigenvalue weighted by Gasteiger charge is 2.22. The Bertz CT molecular complexity index is 1080. The van der Waals surface area contributed by atoms with E-state index in [9.17, 15) is 8.42 Å². The van der Waals surface area contributed by atoms with Crippen molar-refractivity contribution in [3.05, 3.63) is 78.1 Å². The standard InChI is InChI=1S/C23H27N3O3S/c1-19-5-11-23(12-6-19)30(27,28)26-13-3-4-21(26)18-24-14-16-25(17-15-24)20-7-9-22(29-2)10-8-20/h3-13H,14-18H2,1-2H3. The lowest BCUT2D eigenvalue weighted by molar-refractivity contribution is 0.246. The van der Waals surface area contributed by atoms with Gasteiger partial charge in [0.15, 0.2) is 0 Å². The van der Waals surface area contributed by atoms with Crippen molar-refractivity contribution in [1.82, 2.24) is 8.87 Å². The van der Waals surface area contributed by atoms with E-state index in [2.05, 4.69) is 21.9 Å². The highest BCUT2D eigenvalue weighted by Crippen LogP contribution is 2.22.